The number of methoxy groups -OCH3 is 3. The Morgan fingerprint density at radius 3 is 2.64 bits per heavy atom. The van der Waals surface area contributed by atoms with Crippen molar-refractivity contribution in [2.24, 2.45) is 0 Å². The fourth-order valence-electron chi connectivity index (χ4n) is 2.00. The highest BCUT2D eigenvalue weighted by Crippen LogP contribution is 2.24. The van der Waals surface area contributed by atoms with Crippen molar-refractivity contribution in [3.8, 4) is 17.4 Å². The van der Waals surface area contributed by atoms with Gasteiger partial charge in [0.2, 0.25) is 5.88 Å². The highest BCUT2D eigenvalue weighted by atomic mass is 16.5. The number of rotatable bonds is 6. The number of pyridine rings is 1. The summed E-state index contributed by atoms with van der Waals surface area (Å²) in [6, 6.07) is 8.67. The summed E-state index contributed by atoms with van der Waals surface area (Å²) in [6.07, 6.45) is 1.64. The number of nitrogens with zero attached hydrogens (tertiary/aromatic N) is 1. The van der Waals surface area contributed by atoms with E-state index in [-0.39, 0.29) is 5.91 Å². The van der Waals surface area contributed by atoms with Gasteiger partial charge >= 0.3 is 0 Å². The van der Waals surface area contributed by atoms with Crippen LogP contribution in [0.1, 0.15) is 15.9 Å². The van der Waals surface area contributed by atoms with Gasteiger partial charge < -0.3 is 19.5 Å². The average molecular weight is 302 g/mol. The van der Waals surface area contributed by atoms with E-state index in [1.165, 1.54) is 7.11 Å². The molecule has 0 aliphatic rings. The number of hydrogen-bond acceptors (Lipinski definition) is 5. The standard InChI is InChI=1S/C16H18N2O4/c1-20-12-6-7-13(14(9-12)21-2)15(19)18-10-11-5-4-8-17-16(11)22-3/h4-9H,10H2,1-3H3,(H,18,19). The Morgan fingerprint density at radius 1 is 1.14 bits per heavy atom. The third kappa shape index (κ3) is 3.46. The molecule has 6 heteroatoms. The molecule has 0 radical (unpaired) electrons. The summed E-state index contributed by atoms with van der Waals surface area (Å²) in [5, 5.41) is 2.82. The van der Waals surface area contributed by atoms with Gasteiger partial charge in [-0.3, -0.25) is 4.79 Å². The predicted molar refractivity (Wildman–Crippen MR) is 81.5 cm³/mol. The van der Waals surface area contributed by atoms with Crippen LogP contribution in [0, 0.1) is 0 Å². The van der Waals surface area contributed by atoms with Gasteiger partial charge in [0.15, 0.2) is 0 Å². The summed E-state index contributed by atoms with van der Waals surface area (Å²) >= 11 is 0. The van der Waals surface area contributed by atoms with Crippen LogP contribution in [0.5, 0.6) is 17.4 Å². The van der Waals surface area contributed by atoms with E-state index >= 15 is 0 Å². The Hall–Kier alpha value is -2.76. The first-order chi connectivity index (χ1) is 10.7. The van der Waals surface area contributed by atoms with Crippen LogP contribution < -0.4 is 19.5 Å². The van der Waals surface area contributed by atoms with Gasteiger partial charge in [0, 0.05) is 24.4 Å². The zero-order chi connectivity index (χ0) is 15.9. The topological polar surface area (TPSA) is 69.7 Å². The molecule has 22 heavy (non-hydrogen) atoms. The van der Waals surface area contributed by atoms with E-state index in [1.807, 2.05) is 6.07 Å². The number of nitrogens with one attached hydrogen (secondary N) is 1. The van der Waals surface area contributed by atoms with E-state index in [1.54, 1.807) is 44.7 Å². The molecule has 0 saturated carbocycles. The molecule has 0 fully saturated rings. The van der Waals surface area contributed by atoms with Crippen LogP contribution >= 0.6 is 0 Å². The molecule has 1 N–H and O–H groups in total. The highest BCUT2D eigenvalue weighted by Gasteiger charge is 2.14. The van der Waals surface area contributed by atoms with Crippen LogP contribution in [0.15, 0.2) is 36.5 Å². The van der Waals surface area contributed by atoms with Crippen molar-refractivity contribution in [2.45, 2.75) is 6.54 Å². The van der Waals surface area contributed by atoms with E-state index in [4.69, 9.17) is 14.2 Å². The molecule has 6 nitrogen and oxygen atoms in total. The first-order valence-corrected chi connectivity index (χ1v) is 6.67. The van der Waals surface area contributed by atoms with Gasteiger partial charge in [-0.15, -0.1) is 0 Å². The fraction of sp³-hybridized carbons (Fsp3) is 0.250. The number of ether oxygens (including phenoxy) is 3. The summed E-state index contributed by atoms with van der Waals surface area (Å²) in [4.78, 5) is 16.4. The molecule has 1 amide bonds. The molecule has 1 aromatic carbocycles. The molecule has 1 heterocycles. The molecule has 0 saturated heterocycles. The van der Waals surface area contributed by atoms with Gasteiger partial charge in [-0.25, -0.2) is 4.98 Å². The first-order valence-electron chi connectivity index (χ1n) is 6.67. The van der Waals surface area contributed by atoms with Crippen LogP contribution in [0.25, 0.3) is 0 Å². The maximum Gasteiger partial charge on any atom is 0.255 e. The minimum Gasteiger partial charge on any atom is -0.497 e. The largest absolute Gasteiger partial charge is 0.497 e. The molecule has 0 atom stereocenters. The normalized spacial score (nSPS) is 9.95. The second kappa shape index (κ2) is 7.31. The Labute approximate surface area is 129 Å². The number of amides is 1. The number of carbonyl (C=O) groups excluding carboxylic acids is 1. The molecule has 116 valence electrons. The Morgan fingerprint density at radius 2 is 1.95 bits per heavy atom. The van der Waals surface area contributed by atoms with Gasteiger partial charge in [-0.2, -0.15) is 0 Å². The lowest BCUT2D eigenvalue weighted by Crippen LogP contribution is -2.23. The monoisotopic (exact) mass is 302 g/mol. The van der Waals surface area contributed by atoms with Crippen molar-refractivity contribution in [1.82, 2.24) is 10.3 Å². The van der Waals surface area contributed by atoms with Crippen molar-refractivity contribution in [1.29, 1.82) is 0 Å². The maximum atomic E-state index is 12.3. The van der Waals surface area contributed by atoms with Crippen LogP contribution in [0.4, 0.5) is 0 Å². The van der Waals surface area contributed by atoms with Crippen molar-refractivity contribution in [3.05, 3.63) is 47.7 Å². The minimum absolute atomic E-state index is 0.245. The summed E-state index contributed by atoms with van der Waals surface area (Å²) in [6.45, 7) is 0.311. The molecule has 2 aromatic rings. The van der Waals surface area contributed by atoms with Gasteiger partial charge in [0.1, 0.15) is 11.5 Å². The molecule has 2 rings (SSSR count). The van der Waals surface area contributed by atoms with E-state index in [9.17, 15) is 4.79 Å². The number of benzene rings is 1. The fourth-order valence-corrected chi connectivity index (χ4v) is 2.00. The Balaban J connectivity index is 2.12. The minimum atomic E-state index is -0.245. The van der Waals surface area contributed by atoms with Gasteiger partial charge in [0.25, 0.3) is 5.91 Å². The van der Waals surface area contributed by atoms with E-state index in [0.29, 0.717) is 29.5 Å². The average Bonchev–Trinajstić information content (AvgIpc) is 2.59. The lowest BCUT2D eigenvalue weighted by atomic mass is 10.1. The number of carbonyl (C=O) groups is 1. The van der Waals surface area contributed by atoms with Crippen LogP contribution in [-0.4, -0.2) is 32.2 Å². The summed E-state index contributed by atoms with van der Waals surface area (Å²) in [5.41, 5.74) is 1.23. The molecule has 0 aliphatic carbocycles. The highest BCUT2D eigenvalue weighted by molar-refractivity contribution is 5.97. The van der Waals surface area contributed by atoms with Crippen molar-refractivity contribution >= 4 is 5.91 Å². The van der Waals surface area contributed by atoms with Crippen LogP contribution in [0.3, 0.4) is 0 Å². The second-order valence-corrected chi connectivity index (χ2v) is 4.42. The molecular weight excluding hydrogens is 284 g/mol. The van der Waals surface area contributed by atoms with Crippen molar-refractivity contribution < 1.29 is 19.0 Å². The summed E-state index contributed by atoms with van der Waals surface area (Å²) < 4.78 is 15.5. The third-order valence-corrected chi connectivity index (χ3v) is 3.14. The zero-order valence-electron chi connectivity index (χ0n) is 12.8. The molecule has 0 unspecified atom stereocenters. The first kappa shape index (κ1) is 15.6. The maximum absolute atomic E-state index is 12.3. The van der Waals surface area contributed by atoms with Gasteiger partial charge in [-0.1, -0.05) is 6.07 Å². The summed E-state index contributed by atoms with van der Waals surface area (Å²) in [7, 11) is 4.61. The second-order valence-electron chi connectivity index (χ2n) is 4.42. The number of hydrogen-bond donors (Lipinski definition) is 1. The van der Waals surface area contributed by atoms with E-state index in [0.717, 1.165) is 5.56 Å². The SMILES string of the molecule is COc1ccc(C(=O)NCc2cccnc2OC)c(OC)c1. The van der Waals surface area contributed by atoms with E-state index < -0.39 is 0 Å². The van der Waals surface area contributed by atoms with Gasteiger partial charge in [0.05, 0.1) is 26.9 Å². The Kier molecular flexibility index (Phi) is 5.19. The molecule has 0 aliphatic heterocycles. The van der Waals surface area contributed by atoms with Crippen LogP contribution in [0.2, 0.25) is 0 Å². The van der Waals surface area contributed by atoms with Gasteiger partial charge in [-0.05, 0) is 18.2 Å². The Bertz CT molecular complexity index is 658. The smallest absolute Gasteiger partial charge is 0.255 e. The number of aromatic nitrogens is 1. The lowest BCUT2D eigenvalue weighted by Gasteiger charge is -2.11. The molecular formula is C16H18N2O4. The molecule has 0 bridgehead atoms. The third-order valence-electron chi connectivity index (χ3n) is 3.14. The zero-order valence-corrected chi connectivity index (χ0v) is 12.8. The molecule has 0 spiro atoms. The summed E-state index contributed by atoms with van der Waals surface area (Å²) in [5.74, 6) is 1.33. The molecule has 1 aromatic heterocycles. The lowest BCUT2D eigenvalue weighted by molar-refractivity contribution is 0.0947. The van der Waals surface area contributed by atoms with Crippen molar-refractivity contribution in [3.63, 3.8) is 0 Å². The van der Waals surface area contributed by atoms with Crippen molar-refractivity contribution in [2.75, 3.05) is 21.3 Å². The quantitative estimate of drug-likeness (QED) is 0.884. The predicted octanol–water partition coefficient (Wildman–Crippen LogP) is 2.04. The van der Waals surface area contributed by atoms with Crippen LogP contribution in [-0.2, 0) is 6.54 Å². The van der Waals surface area contributed by atoms with E-state index in [2.05, 4.69) is 10.3 Å².